The molecule has 10 nitrogen and oxygen atoms in total. The van der Waals surface area contributed by atoms with E-state index in [0.717, 1.165) is 23.7 Å². The number of nitrogens with two attached hydrogens (primary N) is 1. The van der Waals surface area contributed by atoms with Gasteiger partial charge in [0.25, 0.3) is 5.91 Å². The first-order valence-electron chi connectivity index (χ1n) is 11.8. The fourth-order valence-electron chi connectivity index (χ4n) is 3.75. The monoisotopic (exact) mass is 476 g/mol. The molecule has 0 saturated heterocycles. The number of carbonyl (C=O) groups excluding carboxylic acids is 2. The number of aromatic nitrogens is 2. The van der Waals surface area contributed by atoms with Crippen LogP contribution in [0.3, 0.4) is 0 Å². The lowest BCUT2D eigenvalue weighted by Crippen LogP contribution is -2.55. The molecule has 2 rings (SSSR count). The van der Waals surface area contributed by atoms with Gasteiger partial charge in [-0.25, -0.2) is 0 Å². The van der Waals surface area contributed by atoms with Crippen LogP contribution >= 0.6 is 0 Å². The molecule has 190 valence electrons. The van der Waals surface area contributed by atoms with Gasteiger partial charge in [-0.3, -0.25) is 14.3 Å². The standard InChI is InChI=1S/C24H40N6O4/c1-24(2,3)21(23(34)26-15-17(32)16-29(4)13-14-31)27-22(33)20-18-9-5-6-10-19(18)30(28-20)12-8-7-11-25/h5-6,9-10,17,21,31-32H,7-8,11-16,25H2,1-4H3,(H,26,34)(H,27,33)/t17-,21+/m0/s1. The largest absolute Gasteiger partial charge is 0.395 e. The number of aliphatic hydroxyl groups excluding tert-OH is 2. The number of likely N-dealkylation sites (N-methyl/N-ethyl adjacent to an activating group) is 1. The van der Waals surface area contributed by atoms with E-state index in [1.54, 1.807) is 11.9 Å². The highest BCUT2D eigenvalue weighted by Crippen LogP contribution is 2.22. The number of nitrogens with one attached hydrogen (secondary N) is 2. The molecule has 0 unspecified atom stereocenters. The number of hydrogen-bond donors (Lipinski definition) is 5. The molecule has 10 heteroatoms. The quantitative estimate of drug-likeness (QED) is 0.262. The van der Waals surface area contributed by atoms with Crippen LogP contribution in [0.1, 0.15) is 44.1 Å². The molecule has 0 aliphatic rings. The van der Waals surface area contributed by atoms with Gasteiger partial charge in [0, 0.05) is 31.6 Å². The van der Waals surface area contributed by atoms with Crippen molar-refractivity contribution in [1.82, 2.24) is 25.3 Å². The first-order valence-corrected chi connectivity index (χ1v) is 11.8. The molecule has 34 heavy (non-hydrogen) atoms. The minimum Gasteiger partial charge on any atom is -0.395 e. The molecule has 0 saturated carbocycles. The maximum absolute atomic E-state index is 13.3. The van der Waals surface area contributed by atoms with Crippen molar-refractivity contribution < 1.29 is 19.8 Å². The van der Waals surface area contributed by atoms with Gasteiger partial charge in [-0.1, -0.05) is 39.0 Å². The number of rotatable bonds is 13. The summed E-state index contributed by atoms with van der Waals surface area (Å²) >= 11 is 0. The van der Waals surface area contributed by atoms with Gasteiger partial charge in [0.1, 0.15) is 6.04 Å². The predicted octanol–water partition coefficient (Wildman–Crippen LogP) is 0.321. The Labute approximate surface area is 201 Å². The van der Waals surface area contributed by atoms with Crippen LogP contribution in [0, 0.1) is 5.41 Å². The van der Waals surface area contributed by atoms with Crippen molar-refractivity contribution in [2.45, 2.75) is 52.3 Å². The van der Waals surface area contributed by atoms with E-state index in [1.807, 2.05) is 49.7 Å². The molecule has 1 heterocycles. The Morgan fingerprint density at radius 1 is 1.24 bits per heavy atom. The van der Waals surface area contributed by atoms with Gasteiger partial charge < -0.3 is 31.5 Å². The number of unbranched alkanes of at least 4 members (excludes halogenated alkanes) is 1. The van der Waals surface area contributed by atoms with Gasteiger partial charge in [0.2, 0.25) is 5.91 Å². The van der Waals surface area contributed by atoms with Crippen LogP contribution in [0.25, 0.3) is 10.9 Å². The Hall–Kier alpha value is -2.53. The first kappa shape index (κ1) is 27.7. The molecule has 6 N–H and O–H groups in total. The third kappa shape index (κ3) is 7.76. The number of carbonyl (C=O) groups is 2. The van der Waals surface area contributed by atoms with Crippen molar-refractivity contribution in [3.8, 4) is 0 Å². The number of benzene rings is 1. The minimum atomic E-state index is -0.830. The smallest absolute Gasteiger partial charge is 0.273 e. The normalized spacial score (nSPS) is 13.8. The topological polar surface area (TPSA) is 146 Å². The Morgan fingerprint density at radius 2 is 1.94 bits per heavy atom. The maximum Gasteiger partial charge on any atom is 0.273 e. The van der Waals surface area contributed by atoms with E-state index in [-0.39, 0.29) is 24.8 Å². The molecule has 0 radical (unpaired) electrons. The van der Waals surface area contributed by atoms with Gasteiger partial charge in [0.15, 0.2) is 5.69 Å². The minimum absolute atomic E-state index is 0.00876. The zero-order valence-electron chi connectivity index (χ0n) is 20.8. The summed E-state index contributed by atoms with van der Waals surface area (Å²) in [6, 6.07) is 6.70. The maximum atomic E-state index is 13.3. The molecule has 2 atom stereocenters. The second kappa shape index (κ2) is 12.8. The van der Waals surface area contributed by atoms with E-state index < -0.39 is 23.5 Å². The summed E-state index contributed by atoms with van der Waals surface area (Å²) in [7, 11) is 1.78. The van der Waals surface area contributed by atoms with Crippen LogP contribution in [0.4, 0.5) is 0 Å². The fourth-order valence-corrected chi connectivity index (χ4v) is 3.75. The molecule has 1 aromatic heterocycles. The predicted molar refractivity (Wildman–Crippen MR) is 132 cm³/mol. The zero-order valence-corrected chi connectivity index (χ0v) is 20.8. The van der Waals surface area contributed by atoms with Crippen molar-refractivity contribution in [2.24, 2.45) is 11.1 Å². The Balaban J connectivity index is 2.14. The van der Waals surface area contributed by atoms with Crippen LogP contribution in [-0.2, 0) is 11.3 Å². The van der Waals surface area contributed by atoms with Crippen LogP contribution in [-0.4, -0.2) is 88.7 Å². The molecule has 2 aromatic rings. The molecule has 0 fully saturated rings. The van der Waals surface area contributed by atoms with Crippen LogP contribution in [0.5, 0.6) is 0 Å². The summed E-state index contributed by atoms with van der Waals surface area (Å²) in [6.07, 6.45) is 0.917. The van der Waals surface area contributed by atoms with E-state index in [4.69, 9.17) is 10.8 Å². The lowest BCUT2D eigenvalue weighted by molar-refractivity contribution is -0.125. The van der Waals surface area contributed by atoms with E-state index in [1.165, 1.54) is 0 Å². The number of aryl methyl sites for hydroxylation is 1. The van der Waals surface area contributed by atoms with Crippen LogP contribution in [0.15, 0.2) is 24.3 Å². The highest BCUT2D eigenvalue weighted by Gasteiger charge is 2.34. The number of hydrogen-bond acceptors (Lipinski definition) is 7. The van der Waals surface area contributed by atoms with E-state index in [9.17, 15) is 14.7 Å². The van der Waals surface area contributed by atoms with E-state index >= 15 is 0 Å². The summed E-state index contributed by atoms with van der Waals surface area (Å²) in [4.78, 5) is 28.0. The van der Waals surface area contributed by atoms with E-state index in [0.29, 0.717) is 26.2 Å². The number of fused-ring (bicyclic) bond motifs is 1. The zero-order chi connectivity index (χ0) is 25.3. The van der Waals surface area contributed by atoms with Crippen LogP contribution in [0.2, 0.25) is 0 Å². The van der Waals surface area contributed by atoms with Gasteiger partial charge in [-0.05, 0) is 37.9 Å². The lowest BCUT2D eigenvalue weighted by atomic mass is 9.86. The number of para-hydroxylation sites is 1. The molecular formula is C24H40N6O4. The number of amides is 2. The molecule has 0 aliphatic heterocycles. The summed E-state index contributed by atoms with van der Waals surface area (Å²) < 4.78 is 1.81. The van der Waals surface area contributed by atoms with Crippen LogP contribution < -0.4 is 16.4 Å². The number of aliphatic hydroxyl groups is 2. The van der Waals surface area contributed by atoms with Gasteiger partial charge in [0.05, 0.1) is 18.2 Å². The highest BCUT2D eigenvalue weighted by atomic mass is 16.3. The summed E-state index contributed by atoms with van der Waals surface area (Å²) in [5.41, 5.74) is 6.16. The summed E-state index contributed by atoms with van der Waals surface area (Å²) in [5.74, 6) is -0.802. The highest BCUT2D eigenvalue weighted by molar-refractivity contribution is 6.06. The van der Waals surface area contributed by atoms with Gasteiger partial charge in [-0.2, -0.15) is 5.10 Å². The van der Waals surface area contributed by atoms with Crippen molar-refractivity contribution >= 4 is 22.7 Å². The average molecular weight is 477 g/mol. The van der Waals surface area contributed by atoms with Crippen molar-refractivity contribution in [3.05, 3.63) is 30.0 Å². The average Bonchev–Trinajstić information content (AvgIpc) is 3.14. The molecule has 1 aromatic carbocycles. The summed E-state index contributed by atoms with van der Waals surface area (Å²) in [6.45, 7) is 7.62. The molecule has 0 aliphatic carbocycles. The third-order valence-electron chi connectivity index (χ3n) is 5.62. The van der Waals surface area contributed by atoms with Crippen molar-refractivity contribution in [2.75, 3.05) is 39.8 Å². The first-order chi connectivity index (χ1) is 16.1. The lowest BCUT2D eigenvalue weighted by Gasteiger charge is -2.30. The molecular weight excluding hydrogens is 436 g/mol. The Morgan fingerprint density at radius 3 is 2.59 bits per heavy atom. The Bertz CT molecular complexity index is 939. The second-order valence-corrected chi connectivity index (χ2v) is 9.74. The Kier molecular flexibility index (Phi) is 10.4. The fraction of sp³-hybridized carbons (Fsp3) is 0.625. The third-order valence-corrected chi connectivity index (χ3v) is 5.62. The SMILES string of the molecule is CN(CCO)C[C@@H](O)CNC(=O)[C@@H](NC(=O)c1nn(CCCCN)c2ccccc12)C(C)(C)C. The second-order valence-electron chi connectivity index (χ2n) is 9.74. The van der Waals surface area contributed by atoms with Gasteiger partial charge >= 0.3 is 0 Å². The molecule has 0 spiro atoms. The molecule has 2 amide bonds. The van der Waals surface area contributed by atoms with Crippen molar-refractivity contribution in [3.63, 3.8) is 0 Å². The summed E-state index contributed by atoms with van der Waals surface area (Å²) in [5, 5.41) is 30.1. The van der Waals surface area contributed by atoms with Crippen molar-refractivity contribution in [1.29, 1.82) is 0 Å². The van der Waals surface area contributed by atoms with E-state index in [2.05, 4.69) is 15.7 Å². The number of nitrogens with zero attached hydrogens (tertiary/aromatic N) is 3. The molecule has 0 bridgehead atoms. The van der Waals surface area contributed by atoms with Gasteiger partial charge in [-0.15, -0.1) is 0 Å².